The summed E-state index contributed by atoms with van der Waals surface area (Å²) in [6, 6.07) is 8.59. The van der Waals surface area contributed by atoms with Crippen LogP contribution in [0.5, 0.6) is 0 Å². The summed E-state index contributed by atoms with van der Waals surface area (Å²) < 4.78 is 1.72. The number of hydrogen-bond donors (Lipinski definition) is 2. The van der Waals surface area contributed by atoms with Crippen LogP contribution in [0.4, 0.5) is 27.9 Å². The van der Waals surface area contributed by atoms with Gasteiger partial charge in [0.15, 0.2) is 5.78 Å². The van der Waals surface area contributed by atoms with Crippen molar-refractivity contribution < 1.29 is 28.8 Å². The minimum absolute atomic E-state index is 0.00850. The number of nitrogens with one attached hydrogen (secondary N) is 2. The van der Waals surface area contributed by atoms with Gasteiger partial charge in [-0.1, -0.05) is 12.8 Å². The van der Waals surface area contributed by atoms with Gasteiger partial charge in [0.05, 0.1) is 28.6 Å². The Labute approximate surface area is 424 Å². The number of likely N-dealkylation sites (tertiary alicyclic amines) is 2. The number of urea groups is 1. The van der Waals surface area contributed by atoms with E-state index in [9.17, 15) is 33.6 Å². The maximum atomic E-state index is 13.7. The van der Waals surface area contributed by atoms with Crippen molar-refractivity contribution in [3.63, 3.8) is 0 Å². The maximum absolute atomic E-state index is 13.7. The Bertz CT molecular complexity index is 2890. The molecule has 3 aromatic heterocycles. The summed E-state index contributed by atoms with van der Waals surface area (Å²) in [4.78, 5) is 117. The summed E-state index contributed by atoms with van der Waals surface area (Å²) >= 11 is 0. The highest BCUT2D eigenvalue weighted by Crippen LogP contribution is 2.37. The molecule has 0 bridgehead atoms. The lowest BCUT2D eigenvalue weighted by Gasteiger charge is -2.43. The normalized spacial score (nSPS) is 22.2. The van der Waals surface area contributed by atoms with Crippen LogP contribution in [0.15, 0.2) is 47.5 Å². The number of carbonyl (C=O) groups is 6. The predicted molar refractivity (Wildman–Crippen MR) is 274 cm³/mol. The average molecular weight is 995 g/mol. The molecule has 4 aromatic rings. The Balaban J connectivity index is 0.600. The predicted octanol–water partition coefficient (Wildman–Crippen LogP) is 5.54. The van der Waals surface area contributed by atoms with Gasteiger partial charge in [0.25, 0.3) is 17.4 Å². The van der Waals surface area contributed by atoms with Crippen LogP contribution < -0.4 is 26.0 Å². The number of piperidine rings is 4. The fourth-order valence-corrected chi connectivity index (χ4v) is 13.0. The first-order chi connectivity index (χ1) is 35.4. The molecule has 5 saturated heterocycles. The summed E-state index contributed by atoms with van der Waals surface area (Å²) in [6.07, 6.45) is 13.8. The number of benzene rings is 1. The number of piperazine rings is 1. The molecule has 1 unspecified atom stereocenters. The molecule has 11 rings (SSSR count). The first kappa shape index (κ1) is 48.5. The zero-order chi connectivity index (χ0) is 50.5. The van der Waals surface area contributed by atoms with Crippen molar-refractivity contribution in [2.45, 2.75) is 103 Å². The quantitative estimate of drug-likeness (QED) is 0.148. The largest absolute Gasteiger partial charge is 0.371 e. The molecule has 9 heterocycles. The topological polar surface area (TPSA) is 207 Å². The molecule has 19 heteroatoms. The van der Waals surface area contributed by atoms with E-state index in [1.807, 2.05) is 18.3 Å². The van der Waals surface area contributed by atoms with Gasteiger partial charge in [-0.15, -0.1) is 0 Å². The van der Waals surface area contributed by atoms with Crippen molar-refractivity contribution in [2.24, 2.45) is 17.8 Å². The van der Waals surface area contributed by atoms with E-state index in [0.717, 1.165) is 152 Å². The number of hydrogen-bond acceptors (Lipinski definition) is 14. The molecule has 0 radical (unpaired) electrons. The number of ketones is 1. The van der Waals surface area contributed by atoms with Crippen LogP contribution in [-0.2, 0) is 9.59 Å². The Morgan fingerprint density at radius 2 is 1.34 bits per heavy atom. The second-order valence-corrected chi connectivity index (χ2v) is 21.5. The summed E-state index contributed by atoms with van der Waals surface area (Å²) in [5, 5.41) is 6.20. The van der Waals surface area contributed by atoms with Gasteiger partial charge in [-0.05, 0) is 125 Å². The van der Waals surface area contributed by atoms with E-state index in [-0.39, 0.29) is 41.8 Å². The molecule has 0 spiro atoms. The molecule has 2 N–H and O–H groups in total. The molecule has 1 aromatic carbocycles. The minimum atomic E-state index is -0.977. The zero-order valence-electron chi connectivity index (χ0n) is 42.0. The molecule has 7 aliphatic rings. The first-order valence-electron chi connectivity index (χ1n) is 26.7. The second kappa shape index (κ2) is 20.3. The number of amides is 6. The molecule has 6 aliphatic heterocycles. The fourth-order valence-electron chi connectivity index (χ4n) is 13.0. The van der Waals surface area contributed by atoms with Gasteiger partial charge in [0.2, 0.25) is 17.8 Å². The van der Waals surface area contributed by atoms with E-state index in [2.05, 4.69) is 46.2 Å². The highest BCUT2D eigenvalue weighted by atomic mass is 16.2. The summed E-state index contributed by atoms with van der Waals surface area (Å²) in [5.74, 6) is 0.462. The van der Waals surface area contributed by atoms with E-state index in [4.69, 9.17) is 9.97 Å². The van der Waals surface area contributed by atoms with Gasteiger partial charge in [-0.25, -0.2) is 14.8 Å². The van der Waals surface area contributed by atoms with Crippen LogP contribution >= 0.6 is 0 Å². The number of aryl methyl sites for hydroxylation is 1. The Kier molecular flexibility index (Phi) is 13.5. The summed E-state index contributed by atoms with van der Waals surface area (Å²) in [7, 11) is 0. The number of nitrogens with zero attached hydrogens (tertiary/aromatic N) is 10. The number of carbonyl (C=O) groups excluding carboxylic acids is 6. The highest BCUT2D eigenvalue weighted by Gasteiger charge is 2.45. The summed E-state index contributed by atoms with van der Waals surface area (Å²) in [5.41, 5.74) is 3.68. The van der Waals surface area contributed by atoms with E-state index in [1.54, 1.807) is 29.8 Å². The first-order valence-corrected chi connectivity index (χ1v) is 26.7. The Morgan fingerprint density at radius 1 is 0.699 bits per heavy atom. The van der Waals surface area contributed by atoms with Crippen molar-refractivity contribution in [2.75, 3.05) is 87.1 Å². The number of fused-ring (bicyclic) bond motifs is 2. The van der Waals surface area contributed by atoms with Crippen molar-refractivity contribution in [1.82, 2.24) is 44.4 Å². The zero-order valence-corrected chi connectivity index (χ0v) is 42.0. The monoisotopic (exact) mass is 995 g/mol. The van der Waals surface area contributed by atoms with E-state index >= 15 is 0 Å². The van der Waals surface area contributed by atoms with Crippen LogP contribution in [0.1, 0.15) is 127 Å². The lowest BCUT2D eigenvalue weighted by atomic mass is 9.78. The molecule has 19 nitrogen and oxygen atoms in total. The van der Waals surface area contributed by atoms with Crippen LogP contribution in [0.3, 0.4) is 0 Å². The van der Waals surface area contributed by atoms with E-state index in [0.29, 0.717) is 57.2 Å². The lowest BCUT2D eigenvalue weighted by Crippen LogP contribution is -2.54. The third kappa shape index (κ3) is 9.56. The van der Waals surface area contributed by atoms with Crippen molar-refractivity contribution >= 4 is 69.6 Å². The number of aromatic nitrogens is 4. The third-order valence-corrected chi connectivity index (χ3v) is 17.2. The molecular weight excluding hydrogens is 929 g/mol. The standard InChI is InChI=1S/C54H66N12O7/c1-33-43-31-56-53(59-48(43)65(38-5-3-4-6-38)52(72)47(33)34(2)67)57-45-11-8-40(30-55-45)62-27-25-60(26-28-62)32-35-13-19-63(20-14-35)54(73)64-23-17-37(18-24-64)36-15-21-61(22-16-36)39-7-9-41-42(29-39)51(71)66(50(41)70)44-10-12-46(68)58-49(44)69/h7-9,11,29-31,35-38,44H,3-6,10,12-28,32H2,1-2H3,(H,58,68,69)(H,55,56,57,59). The van der Waals surface area contributed by atoms with Crippen LogP contribution in [0.25, 0.3) is 11.0 Å². The molecule has 1 atom stereocenters. The van der Waals surface area contributed by atoms with Gasteiger partial charge in [0, 0.05) is 102 Å². The molecule has 384 valence electrons. The Hall–Kier alpha value is -6.76. The van der Waals surface area contributed by atoms with Crippen molar-refractivity contribution in [3.8, 4) is 0 Å². The van der Waals surface area contributed by atoms with Crippen LogP contribution in [0.2, 0.25) is 0 Å². The fraction of sp³-hybridized carbons (Fsp3) is 0.556. The number of pyridine rings is 2. The van der Waals surface area contributed by atoms with Gasteiger partial charge in [-0.3, -0.25) is 48.5 Å². The van der Waals surface area contributed by atoms with Crippen LogP contribution in [-0.4, -0.2) is 153 Å². The molecular formula is C54H66N12O7. The second-order valence-electron chi connectivity index (χ2n) is 21.5. The van der Waals surface area contributed by atoms with Gasteiger partial charge >= 0.3 is 6.03 Å². The molecule has 1 aliphatic carbocycles. The smallest absolute Gasteiger partial charge is 0.319 e. The average Bonchev–Trinajstić information content (AvgIpc) is 4.02. The molecule has 6 amide bonds. The highest BCUT2D eigenvalue weighted by molar-refractivity contribution is 6.23. The van der Waals surface area contributed by atoms with Gasteiger partial charge in [-0.2, -0.15) is 4.98 Å². The number of Topliss-reactive ketones (excluding diaryl/α,β-unsaturated/α-hetero) is 1. The van der Waals surface area contributed by atoms with Crippen molar-refractivity contribution in [1.29, 1.82) is 0 Å². The Morgan fingerprint density at radius 3 is 2.00 bits per heavy atom. The van der Waals surface area contributed by atoms with Crippen molar-refractivity contribution in [3.05, 3.63) is 75.3 Å². The molecule has 6 fully saturated rings. The third-order valence-electron chi connectivity index (χ3n) is 17.2. The summed E-state index contributed by atoms with van der Waals surface area (Å²) in [6.45, 7) is 12.9. The SMILES string of the molecule is CC(=O)c1c(C)c2cnc(Nc3ccc(N4CCN(CC5CCN(C(=O)N6CCC(C7CCN(c8ccc9c(c8)C(=O)N(C8CCC(=O)NC8=O)C9=O)CC7)CC6)CC5)CC4)cn3)nc2n(C2CCCC2)c1=O. The van der Waals surface area contributed by atoms with Gasteiger partial charge < -0.3 is 24.9 Å². The molecule has 73 heavy (non-hydrogen) atoms. The number of rotatable bonds is 10. The van der Waals surface area contributed by atoms with Gasteiger partial charge in [0.1, 0.15) is 17.5 Å². The van der Waals surface area contributed by atoms with E-state index < -0.39 is 29.7 Å². The molecule has 1 saturated carbocycles. The lowest BCUT2D eigenvalue weighted by molar-refractivity contribution is -0.136. The van der Waals surface area contributed by atoms with E-state index in [1.165, 1.54) is 6.92 Å². The number of imide groups is 2. The van der Waals surface area contributed by atoms with Crippen LogP contribution in [0, 0.1) is 24.7 Å². The minimum Gasteiger partial charge on any atom is -0.371 e. The number of anilines is 4. The maximum Gasteiger partial charge on any atom is 0.319 e.